The Balaban J connectivity index is 1.93. The predicted octanol–water partition coefficient (Wildman–Crippen LogP) is 1.09. The predicted molar refractivity (Wildman–Crippen MR) is 71.0 cm³/mol. The number of oxime groups is 1. The molecule has 0 radical (unpaired) electrons. The maximum atomic E-state index is 11.9. The van der Waals surface area contributed by atoms with Crippen molar-refractivity contribution in [2.75, 3.05) is 0 Å². The molecule has 0 saturated heterocycles. The summed E-state index contributed by atoms with van der Waals surface area (Å²) in [6, 6.07) is 3.46. The van der Waals surface area contributed by atoms with Crippen molar-refractivity contribution in [3.05, 3.63) is 29.6 Å². The third kappa shape index (κ3) is 3.21. The van der Waals surface area contributed by atoms with Crippen LogP contribution in [0.3, 0.4) is 0 Å². The average Bonchev–Trinajstić information content (AvgIpc) is 3.16. The lowest BCUT2D eigenvalue weighted by Gasteiger charge is -2.04. The van der Waals surface area contributed by atoms with Gasteiger partial charge in [-0.25, -0.2) is 0 Å². The van der Waals surface area contributed by atoms with Crippen LogP contribution in [0.4, 0.5) is 0 Å². The minimum atomic E-state index is -0.172. The van der Waals surface area contributed by atoms with Crippen LogP contribution < -0.4 is 11.1 Å². The standard InChI is InChI=1S/C13H18N4O2/c1-2-3-8-6-11(8)16-13(18)10-5-4-9(7-15-10)12(14)17-19/h4-5,7-8,11,19H,2-3,6H2,1H3,(H2,14,17)(H,16,18). The number of hydrogen-bond donors (Lipinski definition) is 3. The Morgan fingerprint density at radius 3 is 3.00 bits per heavy atom. The SMILES string of the molecule is CCCC1CC1NC(=O)c1ccc(/C(N)=N/O)cn1. The molecule has 2 atom stereocenters. The van der Waals surface area contributed by atoms with Crippen molar-refractivity contribution >= 4 is 11.7 Å². The Morgan fingerprint density at radius 2 is 2.42 bits per heavy atom. The molecule has 2 rings (SSSR count). The molecule has 1 aliphatic carbocycles. The van der Waals surface area contributed by atoms with Gasteiger partial charge < -0.3 is 16.3 Å². The number of nitrogens with zero attached hydrogens (tertiary/aromatic N) is 2. The van der Waals surface area contributed by atoms with E-state index in [1.807, 2.05) is 0 Å². The van der Waals surface area contributed by atoms with Gasteiger partial charge in [0.1, 0.15) is 5.69 Å². The van der Waals surface area contributed by atoms with Gasteiger partial charge in [0, 0.05) is 17.8 Å². The van der Waals surface area contributed by atoms with E-state index in [4.69, 9.17) is 10.9 Å². The molecule has 2 unspecified atom stereocenters. The van der Waals surface area contributed by atoms with Crippen molar-refractivity contribution in [1.82, 2.24) is 10.3 Å². The zero-order chi connectivity index (χ0) is 13.8. The number of carbonyl (C=O) groups excluding carboxylic acids is 1. The smallest absolute Gasteiger partial charge is 0.270 e. The molecule has 1 fully saturated rings. The Kier molecular flexibility index (Phi) is 3.99. The molecule has 6 heteroatoms. The van der Waals surface area contributed by atoms with Crippen molar-refractivity contribution in [3.8, 4) is 0 Å². The molecule has 0 spiro atoms. The average molecular weight is 262 g/mol. The summed E-state index contributed by atoms with van der Waals surface area (Å²) in [5, 5.41) is 14.4. The number of aromatic nitrogens is 1. The lowest BCUT2D eigenvalue weighted by molar-refractivity contribution is 0.0944. The molecular formula is C13H18N4O2. The maximum Gasteiger partial charge on any atom is 0.270 e. The summed E-state index contributed by atoms with van der Waals surface area (Å²) in [6.07, 6.45) is 4.77. The highest BCUT2D eigenvalue weighted by Crippen LogP contribution is 2.34. The normalized spacial score (nSPS) is 22.1. The summed E-state index contributed by atoms with van der Waals surface area (Å²) in [5.74, 6) is 0.421. The summed E-state index contributed by atoms with van der Waals surface area (Å²) in [6.45, 7) is 2.14. The van der Waals surface area contributed by atoms with Gasteiger partial charge in [0.2, 0.25) is 0 Å². The summed E-state index contributed by atoms with van der Waals surface area (Å²) >= 11 is 0. The van der Waals surface area contributed by atoms with E-state index < -0.39 is 0 Å². The fraction of sp³-hybridized carbons (Fsp3) is 0.462. The Bertz CT molecular complexity index is 484. The molecule has 1 heterocycles. The second-order valence-electron chi connectivity index (χ2n) is 4.78. The van der Waals surface area contributed by atoms with Gasteiger partial charge in [-0.3, -0.25) is 9.78 Å². The second kappa shape index (κ2) is 5.69. The highest BCUT2D eigenvalue weighted by atomic mass is 16.4. The topological polar surface area (TPSA) is 101 Å². The van der Waals surface area contributed by atoms with Gasteiger partial charge in [0.15, 0.2) is 5.84 Å². The molecule has 0 aromatic carbocycles. The van der Waals surface area contributed by atoms with E-state index >= 15 is 0 Å². The van der Waals surface area contributed by atoms with Crippen LogP contribution in [-0.4, -0.2) is 28.0 Å². The van der Waals surface area contributed by atoms with Crippen LogP contribution in [0.5, 0.6) is 0 Å². The number of pyridine rings is 1. The summed E-state index contributed by atoms with van der Waals surface area (Å²) < 4.78 is 0. The fourth-order valence-electron chi connectivity index (χ4n) is 2.09. The van der Waals surface area contributed by atoms with Crippen molar-refractivity contribution in [2.24, 2.45) is 16.8 Å². The molecule has 1 aliphatic rings. The summed E-state index contributed by atoms with van der Waals surface area (Å²) in [7, 11) is 0. The van der Waals surface area contributed by atoms with Crippen LogP contribution >= 0.6 is 0 Å². The Hall–Kier alpha value is -2.11. The van der Waals surface area contributed by atoms with Crippen LogP contribution in [0.25, 0.3) is 0 Å². The van der Waals surface area contributed by atoms with E-state index in [9.17, 15) is 4.79 Å². The zero-order valence-corrected chi connectivity index (χ0v) is 10.8. The van der Waals surface area contributed by atoms with E-state index in [1.54, 1.807) is 12.1 Å². The highest BCUT2D eigenvalue weighted by Gasteiger charge is 2.37. The molecule has 1 aromatic rings. The molecule has 4 N–H and O–H groups in total. The first kappa shape index (κ1) is 13.3. The molecule has 0 bridgehead atoms. The van der Waals surface area contributed by atoms with Crippen molar-refractivity contribution in [3.63, 3.8) is 0 Å². The highest BCUT2D eigenvalue weighted by molar-refractivity contribution is 5.98. The maximum absolute atomic E-state index is 11.9. The quantitative estimate of drug-likeness (QED) is 0.320. The first-order chi connectivity index (χ1) is 9.15. The largest absolute Gasteiger partial charge is 0.409 e. The minimum absolute atomic E-state index is 0.0235. The van der Waals surface area contributed by atoms with Gasteiger partial charge in [0.25, 0.3) is 5.91 Å². The third-order valence-corrected chi connectivity index (χ3v) is 3.30. The van der Waals surface area contributed by atoms with Gasteiger partial charge in [-0.15, -0.1) is 0 Å². The number of nitrogens with two attached hydrogens (primary N) is 1. The number of amides is 1. The van der Waals surface area contributed by atoms with Gasteiger partial charge in [0.05, 0.1) is 0 Å². The van der Waals surface area contributed by atoms with Crippen LogP contribution in [0, 0.1) is 5.92 Å². The lowest BCUT2D eigenvalue weighted by atomic mass is 10.2. The number of hydrogen-bond acceptors (Lipinski definition) is 4. The van der Waals surface area contributed by atoms with E-state index in [0.29, 0.717) is 17.2 Å². The lowest BCUT2D eigenvalue weighted by Crippen LogP contribution is -2.27. The number of nitrogens with one attached hydrogen (secondary N) is 1. The van der Waals surface area contributed by atoms with Gasteiger partial charge >= 0.3 is 0 Å². The van der Waals surface area contributed by atoms with Crippen LogP contribution in [0.2, 0.25) is 0 Å². The van der Waals surface area contributed by atoms with Crippen LogP contribution in [-0.2, 0) is 0 Å². The van der Waals surface area contributed by atoms with Crippen LogP contribution in [0.15, 0.2) is 23.5 Å². The van der Waals surface area contributed by atoms with E-state index in [0.717, 1.165) is 19.3 Å². The first-order valence-electron chi connectivity index (χ1n) is 6.40. The zero-order valence-electron chi connectivity index (χ0n) is 10.8. The minimum Gasteiger partial charge on any atom is -0.409 e. The second-order valence-corrected chi connectivity index (χ2v) is 4.78. The molecule has 6 nitrogen and oxygen atoms in total. The van der Waals surface area contributed by atoms with E-state index in [2.05, 4.69) is 22.4 Å². The first-order valence-corrected chi connectivity index (χ1v) is 6.40. The third-order valence-electron chi connectivity index (χ3n) is 3.30. The number of carbonyl (C=O) groups is 1. The molecule has 1 saturated carbocycles. The van der Waals surface area contributed by atoms with Gasteiger partial charge in [-0.05, 0) is 30.9 Å². The number of rotatable bonds is 5. The van der Waals surface area contributed by atoms with Crippen molar-refractivity contribution in [1.29, 1.82) is 0 Å². The monoisotopic (exact) mass is 262 g/mol. The van der Waals surface area contributed by atoms with E-state index in [-0.39, 0.29) is 17.8 Å². The number of amidine groups is 1. The van der Waals surface area contributed by atoms with Crippen molar-refractivity contribution in [2.45, 2.75) is 32.2 Å². The Morgan fingerprint density at radius 1 is 1.63 bits per heavy atom. The fourth-order valence-corrected chi connectivity index (χ4v) is 2.09. The molecule has 102 valence electrons. The summed E-state index contributed by atoms with van der Waals surface area (Å²) in [4.78, 5) is 15.9. The molecule has 1 amide bonds. The molecular weight excluding hydrogens is 244 g/mol. The molecule has 1 aromatic heterocycles. The van der Waals surface area contributed by atoms with Crippen LogP contribution in [0.1, 0.15) is 42.2 Å². The molecule has 19 heavy (non-hydrogen) atoms. The van der Waals surface area contributed by atoms with E-state index in [1.165, 1.54) is 6.20 Å². The summed E-state index contributed by atoms with van der Waals surface area (Å²) in [5.41, 5.74) is 6.25. The van der Waals surface area contributed by atoms with Crippen molar-refractivity contribution < 1.29 is 10.0 Å². The van der Waals surface area contributed by atoms with Gasteiger partial charge in [-0.1, -0.05) is 18.5 Å². The van der Waals surface area contributed by atoms with Gasteiger partial charge in [-0.2, -0.15) is 0 Å². The molecule has 0 aliphatic heterocycles. The Labute approximate surface area is 111 Å².